The van der Waals surface area contributed by atoms with Gasteiger partial charge in [-0.15, -0.1) is 0 Å². The molecule has 4 aromatic carbocycles. The Morgan fingerprint density at radius 2 is 1.60 bits per heavy atom. The maximum absolute atomic E-state index is 14.1. The Morgan fingerprint density at radius 1 is 0.938 bits per heavy atom. The minimum atomic E-state index is -4.42. The van der Waals surface area contributed by atoms with E-state index in [1.807, 2.05) is 61.5 Å². The van der Waals surface area contributed by atoms with Crippen molar-refractivity contribution in [2.45, 2.75) is 77.0 Å². The van der Waals surface area contributed by atoms with Crippen molar-refractivity contribution in [3.63, 3.8) is 0 Å². The van der Waals surface area contributed by atoms with Gasteiger partial charge in [0, 0.05) is 16.3 Å². The van der Waals surface area contributed by atoms with Crippen LogP contribution < -0.4 is 10.6 Å². The third-order valence-corrected chi connectivity index (χ3v) is 10.8. The first-order valence-electron chi connectivity index (χ1n) is 16.3. The maximum atomic E-state index is 14.1. The molecule has 0 heterocycles. The molecule has 3 N–H and O–H groups in total. The van der Waals surface area contributed by atoms with Crippen molar-refractivity contribution in [2.75, 3.05) is 5.32 Å². The molecule has 0 bridgehead atoms. The van der Waals surface area contributed by atoms with Crippen LogP contribution in [-0.2, 0) is 21.3 Å². The van der Waals surface area contributed by atoms with E-state index >= 15 is 0 Å². The van der Waals surface area contributed by atoms with Crippen LogP contribution in [-0.4, -0.2) is 30.2 Å². The van der Waals surface area contributed by atoms with Crippen LogP contribution in [0.2, 0.25) is 5.02 Å². The second kappa shape index (κ2) is 14.6. The standard InChI is InChI=1S/C39H43ClN2O5S/c1-25-22-33(40)14-17-35(25)29-12-15-34(16-13-29)42-38(44)36(32-7-5-6-31(24-32)28-18-20-39(3,4)21-19-28)23-27-8-10-30(11-9-27)37(43)41-26(2)48(45,46)47/h5-17,22,24,26,28,36H,18-21,23H2,1-4H3,(H,41,43)(H,42,44)(H,45,46,47). The van der Waals surface area contributed by atoms with Gasteiger partial charge in [-0.05, 0) is 127 Å². The minimum Gasteiger partial charge on any atom is -0.334 e. The van der Waals surface area contributed by atoms with Crippen LogP contribution in [0.3, 0.4) is 0 Å². The SMILES string of the molecule is Cc1cc(Cl)ccc1-c1ccc(NC(=O)C(Cc2ccc(C(=O)NC(C)S(=O)(=O)O)cc2)c2cccc(C3CCC(C)(C)CC3)c2)cc1. The van der Waals surface area contributed by atoms with Gasteiger partial charge in [0.15, 0.2) is 5.37 Å². The van der Waals surface area contributed by atoms with E-state index in [-0.39, 0.29) is 11.5 Å². The summed E-state index contributed by atoms with van der Waals surface area (Å²) in [6, 6.07) is 28.7. The Bertz CT molecular complexity index is 1880. The van der Waals surface area contributed by atoms with Crippen LogP contribution in [0.5, 0.6) is 0 Å². The molecule has 0 aliphatic heterocycles. The van der Waals surface area contributed by atoms with Crippen LogP contribution >= 0.6 is 11.6 Å². The van der Waals surface area contributed by atoms with Crippen molar-refractivity contribution < 1.29 is 22.6 Å². The summed E-state index contributed by atoms with van der Waals surface area (Å²) in [5.41, 5.74) is 7.46. The number of carbonyl (C=O) groups is 2. The zero-order valence-electron chi connectivity index (χ0n) is 27.8. The van der Waals surface area contributed by atoms with Gasteiger partial charge in [0.1, 0.15) is 0 Å². The first-order chi connectivity index (χ1) is 22.7. The van der Waals surface area contributed by atoms with Crippen LogP contribution in [0.1, 0.15) is 90.9 Å². The van der Waals surface area contributed by atoms with Crippen LogP contribution in [0.25, 0.3) is 11.1 Å². The fourth-order valence-electron chi connectivity index (χ4n) is 6.41. The highest BCUT2D eigenvalue weighted by atomic mass is 35.5. The van der Waals surface area contributed by atoms with Crippen molar-refractivity contribution in [1.82, 2.24) is 5.32 Å². The van der Waals surface area contributed by atoms with Gasteiger partial charge < -0.3 is 10.6 Å². The first kappa shape index (κ1) is 35.3. The van der Waals surface area contributed by atoms with Gasteiger partial charge in [0.05, 0.1) is 5.92 Å². The van der Waals surface area contributed by atoms with Gasteiger partial charge in [-0.2, -0.15) is 8.42 Å². The number of benzene rings is 4. The normalized spacial score (nSPS) is 16.1. The summed E-state index contributed by atoms with van der Waals surface area (Å²) in [4.78, 5) is 26.6. The third-order valence-electron chi connectivity index (χ3n) is 9.53. The number of aryl methyl sites for hydroxylation is 1. The van der Waals surface area contributed by atoms with E-state index in [2.05, 4.69) is 36.6 Å². The number of hydrogen-bond acceptors (Lipinski definition) is 4. The van der Waals surface area contributed by atoms with E-state index < -0.39 is 27.3 Å². The molecule has 1 saturated carbocycles. The average molecular weight is 687 g/mol. The molecule has 1 fully saturated rings. The number of amides is 2. The number of halogens is 1. The summed E-state index contributed by atoms with van der Waals surface area (Å²) >= 11 is 6.15. The smallest absolute Gasteiger partial charge is 0.285 e. The van der Waals surface area contributed by atoms with Gasteiger partial charge in [0.2, 0.25) is 5.91 Å². The minimum absolute atomic E-state index is 0.142. The topological polar surface area (TPSA) is 113 Å². The Kier molecular flexibility index (Phi) is 10.8. The van der Waals surface area contributed by atoms with Crippen molar-refractivity contribution in [1.29, 1.82) is 0 Å². The van der Waals surface area contributed by atoms with E-state index in [4.69, 9.17) is 11.6 Å². The van der Waals surface area contributed by atoms with Crippen molar-refractivity contribution >= 4 is 39.2 Å². The van der Waals surface area contributed by atoms with Gasteiger partial charge in [-0.1, -0.05) is 80.0 Å². The van der Waals surface area contributed by atoms with Gasteiger partial charge in [-0.3, -0.25) is 14.1 Å². The second-order valence-corrected chi connectivity index (χ2v) is 15.9. The zero-order valence-corrected chi connectivity index (χ0v) is 29.4. The average Bonchev–Trinajstić information content (AvgIpc) is 3.04. The fraction of sp³-hybridized carbons (Fsp3) is 0.333. The molecule has 5 rings (SSSR count). The molecule has 0 radical (unpaired) electrons. The molecule has 0 saturated heterocycles. The molecule has 7 nitrogen and oxygen atoms in total. The summed E-state index contributed by atoms with van der Waals surface area (Å²) in [6.07, 6.45) is 4.96. The number of rotatable bonds is 10. The van der Waals surface area contributed by atoms with Gasteiger partial charge in [-0.25, -0.2) is 0 Å². The predicted octanol–water partition coefficient (Wildman–Crippen LogP) is 8.93. The van der Waals surface area contributed by atoms with Gasteiger partial charge in [0.25, 0.3) is 16.0 Å². The highest BCUT2D eigenvalue weighted by Crippen LogP contribution is 2.43. The molecular weight excluding hydrogens is 644 g/mol. The quantitative estimate of drug-likeness (QED) is 0.144. The number of anilines is 1. The predicted molar refractivity (Wildman–Crippen MR) is 193 cm³/mol. The Hall–Kier alpha value is -3.98. The van der Waals surface area contributed by atoms with Crippen LogP contribution in [0.4, 0.5) is 5.69 Å². The molecule has 2 unspecified atom stereocenters. The highest BCUT2D eigenvalue weighted by molar-refractivity contribution is 7.86. The first-order valence-corrected chi connectivity index (χ1v) is 18.2. The molecule has 0 spiro atoms. The van der Waals surface area contributed by atoms with E-state index in [1.54, 1.807) is 24.3 Å². The Morgan fingerprint density at radius 3 is 2.23 bits per heavy atom. The third kappa shape index (κ3) is 8.92. The lowest BCUT2D eigenvalue weighted by atomic mass is 9.71. The lowest BCUT2D eigenvalue weighted by Gasteiger charge is -2.34. The van der Waals surface area contributed by atoms with Gasteiger partial charge >= 0.3 is 0 Å². The number of nitrogens with one attached hydrogen (secondary N) is 2. The van der Waals surface area contributed by atoms with E-state index in [0.29, 0.717) is 28.5 Å². The van der Waals surface area contributed by atoms with E-state index in [1.165, 1.54) is 25.3 Å². The van der Waals surface area contributed by atoms with Crippen LogP contribution in [0, 0.1) is 12.3 Å². The molecule has 2 amide bonds. The number of carbonyl (C=O) groups excluding carboxylic acids is 2. The van der Waals surface area contributed by atoms with E-state index in [9.17, 15) is 22.6 Å². The molecule has 0 aromatic heterocycles. The monoisotopic (exact) mass is 686 g/mol. The molecule has 1 aliphatic carbocycles. The lowest BCUT2D eigenvalue weighted by Crippen LogP contribution is -2.38. The fourth-order valence-corrected chi connectivity index (χ4v) is 6.89. The molecule has 9 heteroatoms. The molecular formula is C39H43ClN2O5S. The summed E-state index contributed by atoms with van der Waals surface area (Å²) < 4.78 is 31.9. The second-order valence-electron chi connectivity index (χ2n) is 13.7. The maximum Gasteiger partial charge on any atom is 0.285 e. The Labute approximate surface area is 288 Å². The zero-order chi connectivity index (χ0) is 34.6. The lowest BCUT2D eigenvalue weighted by molar-refractivity contribution is -0.117. The highest BCUT2D eigenvalue weighted by Gasteiger charge is 2.29. The molecule has 2 atom stereocenters. The summed E-state index contributed by atoms with van der Waals surface area (Å²) in [6.45, 7) is 7.86. The van der Waals surface area contributed by atoms with Crippen molar-refractivity contribution in [2.24, 2.45) is 5.41 Å². The number of hydrogen-bond donors (Lipinski definition) is 3. The molecule has 4 aromatic rings. The summed E-state index contributed by atoms with van der Waals surface area (Å²) in [5.74, 6) is -0.825. The van der Waals surface area contributed by atoms with Crippen molar-refractivity contribution in [3.8, 4) is 11.1 Å². The summed E-state index contributed by atoms with van der Waals surface area (Å²) in [5, 5.41) is 4.66. The van der Waals surface area contributed by atoms with Crippen LogP contribution in [0.15, 0.2) is 91.0 Å². The summed E-state index contributed by atoms with van der Waals surface area (Å²) in [7, 11) is -4.42. The molecule has 48 heavy (non-hydrogen) atoms. The van der Waals surface area contributed by atoms with Crippen molar-refractivity contribution in [3.05, 3.63) is 124 Å². The molecule has 1 aliphatic rings. The molecule has 252 valence electrons. The largest absolute Gasteiger partial charge is 0.334 e. The van der Waals surface area contributed by atoms with E-state index in [0.717, 1.165) is 40.7 Å². The Balaban J connectivity index is 1.38.